The van der Waals surface area contributed by atoms with Crippen molar-refractivity contribution in [3.63, 3.8) is 0 Å². The Labute approximate surface area is 104 Å². The second-order valence-electron chi connectivity index (χ2n) is 6.13. The Hall–Kier alpha value is -0.120. The van der Waals surface area contributed by atoms with Gasteiger partial charge in [0.1, 0.15) is 0 Å². The lowest BCUT2D eigenvalue weighted by atomic mass is 9.84. The molecule has 2 heterocycles. The summed E-state index contributed by atoms with van der Waals surface area (Å²) >= 11 is 0. The summed E-state index contributed by atoms with van der Waals surface area (Å²) in [5.41, 5.74) is 0.136. The van der Waals surface area contributed by atoms with E-state index in [9.17, 15) is 0 Å². The van der Waals surface area contributed by atoms with Gasteiger partial charge in [0.15, 0.2) is 0 Å². The maximum atomic E-state index is 6.07. The normalized spacial score (nSPS) is 34.8. The van der Waals surface area contributed by atoms with Gasteiger partial charge in [-0.3, -0.25) is 0 Å². The summed E-state index contributed by atoms with van der Waals surface area (Å²) in [6.45, 7) is 5.04. The van der Waals surface area contributed by atoms with E-state index in [2.05, 4.69) is 12.2 Å². The summed E-state index contributed by atoms with van der Waals surface area (Å²) in [7, 11) is 0. The molecule has 3 fully saturated rings. The Morgan fingerprint density at radius 2 is 1.88 bits per heavy atom. The quantitative estimate of drug-likeness (QED) is 0.818. The van der Waals surface area contributed by atoms with Gasteiger partial charge in [-0.15, -0.1) is 0 Å². The molecule has 0 aromatic carbocycles. The number of hydrogen-bond donors (Lipinski definition) is 1. The zero-order chi connectivity index (χ0) is 11.7. The van der Waals surface area contributed by atoms with Crippen molar-refractivity contribution >= 4 is 0 Å². The molecule has 0 aromatic heterocycles. The van der Waals surface area contributed by atoms with E-state index in [0.717, 1.165) is 38.6 Å². The summed E-state index contributed by atoms with van der Waals surface area (Å²) in [5.74, 6) is 0.948. The average Bonchev–Trinajstić information content (AvgIpc) is 3.14. The zero-order valence-corrected chi connectivity index (χ0v) is 10.9. The van der Waals surface area contributed by atoms with Crippen LogP contribution in [0.2, 0.25) is 0 Å². The van der Waals surface area contributed by atoms with Crippen molar-refractivity contribution in [2.24, 2.45) is 5.92 Å². The minimum absolute atomic E-state index is 0.136. The molecule has 0 bridgehead atoms. The number of nitrogens with one attached hydrogen (secondary N) is 1. The van der Waals surface area contributed by atoms with Crippen LogP contribution in [0, 0.1) is 5.92 Å². The molecule has 17 heavy (non-hydrogen) atoms. The molecule has 3 rings (SSSR count). The maximum Gasteiger partial charge on any atom is 0.0741 e. The van der Waals surface area contributed by atoms with E-state index in [1.54, 1.807) is 0 Å². The lowest BCUT2D eigenvalue weighted by molar-refractivity contribution is -0.140. The third-order valence-corrected chi connectivity index (χ3v) is 4.72. The summed E-state index contributed by atoms with van der Waals surface area (Å²) in [6, 6.07) is 1.37. The SMILES string of the molecule is CC(NC1CCOC2(CCOCC2)C1)C1CC1. The van der Waals surface area contributed by atoms with E-state index < -0.39 is 0 Å². The van der Waals surface area contributed by atoms with Crippen LogP contribution in [0.15, 0.2) is 0 Å². The van der Waals surface area contributed by atoms with Gasteiger partial charge in [-0.2, -0.15) is 0 Å². The van der Waals surface area contributed by atoms with Gasteiger partial charge in [-0.1, -0.05) is 0 Å². The van der Waals surface area contributed by atoms with Gasteiger partial charge in [-0.05, 0) is 51.4 Å². The van der Waals surface area contributed by atoms with Crippen molar-refractivity contribution in [1.29, 1.82) is 0 Å². The van der Waals surface area contributed by atoms with Crippen LogP contribution in [0.25, 0.3) is 0 Å². The molecular weight excluding hydrogens is 214 g/mol. The van der Waals surface area contributed by atoms with Crippen LogP contribution in [-0.2, 0) is 9.47 Å². The first kappa shape index (κ1) is 11.9. The van der Waals surface area contributed by atoms with Crippen molar-refractivity contribution in [2.75, 3.05) is 19.8 Å². The second-order valence-corrected chi connectivity index (χ2v) is 6.13. The van der Waals surface area contributed by atoms with Crippen LogP contribution >= 0.6 is 0 Å². The molecule has 0 aromatic rings. The smallest absolute Gasteiger partial charge is 0.0741 e. The fourth-order valence-electron chi connectivity index (χ4n) is 3.37. The highest BCUT2D eigenvalue weighted by atomic mass is 16.5. The molecule has 2 saturated heterocycles. The lowest BCUT2D eigenvalue weighted by Gasteiger charge is -2.44. The highest BCUT2D eigenvalue weighted by molar-refractivity contribution is 4.94. The first-order chi connectivity index (χ1) is 8.27. The minimum Gasteiger partial charge on any atom is -0.381 e. The molecule has 2 unspecified atom stereocenters. The largest absolute Gasteiger partial charge is 0.381 e. The van der Waals surface area contributed by atoms with Gasteiger partial charge in [0.2, 0.25) is 0 Å². The predicted molar refractivity (Wildman–Crippen MR) is 67.1 cm³/mol. The summed E-state index contributed by atoms with van der Waals surface area (Å²) in [4.78, 5) is 0. The molecule has 2 atom stereocenters. The maximum absolute atomic E-state index is 6.07. The van der Waals surface area contributed by atoms with Gasteiger partial charge >= 0.3 is 0 Å². The summed E-state index contributed by atoms with van der Waals surface area (Å²) in [6.07, 6.45) is 7.39. The molecule has 1 spiro atoms. The van der Waals surface area contributed by atoms with E-state index >= 15 is 0 Å². The van der Waals surface area contributed by atoms with E-state index in [1.807, 2.05) is 0 Å². The first-order valence-electron chi connectivity index (χ1n) is 7.25. The minimum atomic E-state index is 0.136. The molecule has 1 saturated carbocycles. The van der Waals surface area contributed by atoms with Crippen LogP contribution in [0.5, 0.6) is 0 Å². The standard InChI is InChI=1S/C14H25NO2/c1-11(12-2-3-12)15-13-4-7-17-14(10-13)5-8-16-9-6-14/h11-13,15H,2-10H2,1H3. The van der Waals surface area contributed by atoms with Crippen LogP contribution < -0.4 is 5.32 Å². The number of rotatable bonds is 3. The van der Waals surface area contributed by atoms with E-state index in [-0.39, 0.29) is 5.60 Å². The van der Waals surface area contributed by atoms with Crippen LogP contribution in [-0.4, -0.2) is 37.5 Å². The highest BCUT2D eigenvalue weighted by Crippen LogP contribution is 2.36. The Morgan fingerprint density at radius 3 is 2.59 bits per heavy atom. The molecule has 3 heteroatoms. The monoisotopic (exact) mass is 239 g/mol. The fourth-order valence-corrected chi connectivity index (χ4v) is 3.37. The van der Waals surface area contributed by atoms with Crippen LogP contribution in [0.1, 0.15) is 45.4 Å². The molecule has 0 amide bonds. The average molecular weight is 239 g/mol. The van der Waals surface area contributed by atoms with Crippen molar-refractivity contribution in [2.45, 2.75) is 63.1 Å². The van der Waals surface area contributed by atoms with Gasteiger partial charge < -0.3 is 14.8 Å². The molecule has 2 aliphatic heterocycles. The van der Waals surface area contributed by atoms with Crippen LogP contribution in [0.3, 0.4) is 0 Å². The third-order valence-electron chi connectivity index (χ3n) is 4.72. The molecule has 1 aliphatic carbocycles. The van der Waals surface area contributed by atoms with E-state index in [1.165, 1.54) is 25.7 Å². The van der Waals surface area contributed by atoms with Gasteiger partial charge in [0.25, 0.3) is 0 Å². The molecule has 98 valence electrons. The third kappa shape index (κ3) is 2.83. The van der Waals surface area contributed by atoms with Gasteiger partial charge in [0.05, 0.1) is 5.60 Å². The zero-order valence-electron chi connectivity index (χ0n) is 10.9. The first-order valence-corrected chi connectivity index (χ1v) is 7.25. The number of ether oxygens (including phenoxy) is 2. The number of hydrogen-bond acceptors (Lipinski definition) is 3. The van der Waals surface area contributed by atoms with Gasteiger partial charge in [-0.25, -0.2) is 0 Å². The Morgan fingerprint density at radius 1 is 1.12 bits per heavy atom. The Bertz CT molecular complexity index is 253. The van der Waals surface area contributed by atoms with Crippen molar-refractivity contribution in [3.8, 4) is 0 Å². The lowest BCUT2D eigenvalue weighted by Crippen LogP contribution is -2.51. The molecule has 3 nitrogen and oxygen atoms in total. The fraction of sp³-hybridized carbons (Fsp3) is 1.00. The van der Waals surface area contributed by atoms with Gasteiger partial charge in [0, 0.05) is 31.9 Å². The second kappa shape index (κ2) is 4.87. The van der Waals surface area contributed by atoms with Crippen molar-refractivity contribution in [1.82, 2.24) is 5.32 Å². The van der Waals surface area contributed by atoms with Crippen LogP contribution in [0.4, 0.5) is 0 Å². The Kier molecular flexibility index (Phi) is 3.42. The van der Waals surface area contributed by atoms with Crippen molar-refractivity contribution in [3.05, 3.63) is 0 Å². The van der Waals surface area contributed by atoms with E-state index in [0.29, 0.717) is 12.1 Å². The Balaban J connectivity index is 1.54. The highest BCUT2D eigenvalue weighted by Gasteiger charge is 2.40. The van der Waals surface area contributed by atoms with E-state index in [4.69, 9.17) is 9.47 Å². The summed E-state index contributed by atoms with van der Waals surface area (Å²) in [5, 5.41) is 3.83. The topological polar surface area (TPSA) is 30.5 Å². The summed E-state index contributed by atoms with van der Waals surface area (Å²) < 4.78 is 11.5. The predicted octanol–water partition coefficient (Wildman–Crippen LogP) is 2.10. The molecule has 1 N–H and O–H groups in total. The molecular formula is C14H25NO2. The van der Waals surface area contributed by atoms with Crippen molar-refractivity contribution < 1.29 is 9.47 Å². The molecule has 3 aliphatic rings. The molecule has 0 radical (unpaired) electrons.